The van der Waals surface area contributed by atoms with Crippen LogP contribution in [-0.4, -0.2) is 23.0 Å². The van der Waals surface area contributed by atoms with E-state index in [0.29, 0.717) is 15.8 Å². The number of carbonyl (C=O) groups excluding carboxylic acids is 1. The molecular weight excluding hydrogens is 276 g/mol. The Morgan fingerprint density at radius 2 is 2.15 bits per heavy atom. The van der Waals surface area contributed by atoms with Gasteiger partial charge in [0.1, 0.15) is 10.5 Å². The van der Waals surface area contributed by atoms with Crippen LogP contribution in [-0.2, 0) is 4.74 Å². The summed E-state index contributed by atoms with van der Waals surface area (Å²) in [5.41, 5.74) is 1.96. The average molecular weight is 286 g/mol. The molecule has 2 aromatic heterocycles. The molecule has 5 nitrogen and oxygen atoms in total. The van der Waals surface area contributed by atoms with Crippen molar-refractivity contribution in [2.24, 2.45) is 0 Å². The molecule has 0 radical (unpaired) electrons. The molecule has 0 saturated carbocycles. The third-order valence-corrected chi connectivity index (χ3v) is 3.40. The van der Waals surface area contributed by atoms with E-state index in [1.807, 2.05) is 24.3 Å². The van der Waals surface area contributed by atoms with Gasteiger partial charge in [0.25, 0.3) is 5.22 Å². The third-order valence-electron chi connectivity index (χ3n) is 2.62. The first kappa shape index (κ1) is 12.7. The molecule has 3 rings (SSSR count). The van der Waals surface area contributed by atoms with Gasteiger partial charge in [-0.05, 0) is 36.0 Å². The van der Waals surface area contributed by atoms with Gasteiger partial charge in [-0.3, -0.25) is 0 Å². The predicted molar refractivity (Wildman–Crippen MR) is 73.7 cm³/mol. The monoisotopic (exact) mass is 286 g/mol. The highest BCUT2D eigenvalue weighted by molar-refractivity contribution is 7.99. The first-order chi connectivity index (χ1) is 9.76. The number of hydrogen-bond acceptors (Lipinski definition) is 6. The van der Waals surface area contributed by atoms with Crippen LogP contribution in [0.3, 0.4) is 0 Å². The lowest BCUT2D eigenvalue weighted by Gasteiger charge is -2.00. The summed E-state index contributed by atoms with van der Waals surface area (Å²) in [7, 11) is 1.34. The number of benzene rings is 1. The minimum atomic E-state index is -0.396. The van der Waals surface area contributed by atoms with Gasteiger partial charge < -0.3 is 9.15 Å². The largest absolute Gasteiger partial charge is 0.465 e. The lowest BCUT2D eigenvalue weighted by molar-refractivity contribution is 0.0600. The molecule has 0 unspecified atom stereocenters. The normalized spacial score (nSPS) is 10.7. The maximum atomic E-state index is 11.5. The van der Waals surface area contributed by atoms with Crippen molar-refractivity contribution in [1.29, 1.82) is 0 Å². The lowest BCUT2D eigenvalue weighted by atomic mass is 10.3. The minimum Gasteiger partial charge on any atom is -0.465 e. The van der Waals surface area contributed by atoms with Crippen LogP contribution < -0.4 is 0 Å². The molecule has 0 aliphatic rings. The molecule has 1 aromatic carbocycles. The zero-order valence-corrected chi connectivity index (χ0v) is 11.4. The van der Waals surface area contributed by atoms with E-state index in [9.17, 15) is 4.79 Å². The third kappa shape index (κ3) is 2.50. The molecule has 0 aliphatic heterocycles. The van der Waals surface area contributed by atoms with Crippen LogP contribution in [0.4, 0.5) is 0 Å². The lowest BCUT2D eigenvalue weighted by Crippen LogP contribution is -2.01. The van der Waals surface area contributed by atoms with Crippen LogP contribution in [0.2, 0.25) is 0 Å². The summed E-state index contributed by atoms with van der Waals surface area (Å²) >= 11 is 1.26. The highest BCUT2D eigenvalue weighted by Gasteiger charge is 2.11. The molecule has 0 fully saturated rings. The molecule has 0 spiro atoms. The Kier molecular flexibility index (Phi) is 3.39. The highest BCUT2D eigenvalue weighted by Crippen LogP contribution is 2.28. The Morgan fingerprint density at radius 1 is 1.30 bits per heavy atom. The van der Waals surface area contributed by atoms with Gasteiger partial charge in [0.05, 0.1) is 12.7 Å². The topological polar surface area (TPSA) is 65.2 Å². The van der Waals surface area contributed by atoms with Gasteiger partial charge in [0.2, 0.25) is 0 Å². The molecule has 0 atom stereocenters. The zero-order chi connectivity index (χ0) is 13.9. The van der Waals surface area contributed by atoms with E-state index in [1.165, 1.54) is 18.9 Å². The van der Waals surface area contributed by atoms with Crippen molar-refractivity contribution < 1.29 is 13.9 Å². The molecule has 6 heteroatoms. The van der Waals surface area contributed by atoms with Crippen LogP contribution in [0.15, 0.2) is 57.3 Å². The first-order valence-corrected chi connectivity index (χ1v) is 6.66. The molecule has 20 heavy (non-hydrogen) atoms. The van der Waals surface area contributed by atoms with E-state index in [-0.39, 0.29) is 0 Å². The Labute approximate surface area is 119 Å². The van der Waals surface area contributed by atoms with Gasteiger partial charge in [0, 0.05) is 6.20 Å². The second-order valence-corrected chi connectivity index (χ2v) is 4.90. The maximum Gasteiger partial charge on any atom is 0.337 e. The Balaban J connectivity index is 1.88. The summed E-state index contributed by atoms with van der Waals surface area (Å²) < 4.78 is 10.3. The van der Waals surface area contributed by atoms with Gasteiger partial charge in [-0.2, -0.15) is 0 Å². The molecule has 2 heterocycles. The number of nitrogens with zero attached hydrogens (tertiary/aromatic N) is 2. The van der Waals surface area contributed by atoms with Crippen LogP contribution >= 0.6 is 11.8 Å². The number of hydrogen-bond donors (Lipinski definition) is 0. The standard InChI is InChI=1S/C14H10N2O3S/c1-18-13(17)9-6-7-15-12(8-9)20-14-16-10-4-2-3-5-11(10)19-14/h2-8H,1H3. The number of pyridine rings is 1. The van der Waals surface area contributed by atoms with Gasteiger partial charge in [-0.15, -0.1) is 0 Å². The summed E-state index contributed by atoms with van der Waals surface area (Å²) in [5, 5.41) is 1.11. The van der Waals surface area contributed by atoms with Gasteiger partial charge >= 0.3 is 5.97 Å². The molecule has 0 amide bonds. The van der Waals surface area contributed by atoms with Crippen LogP contribution in [0.1, 0.15) is 10.4 Å². The van der Waals surface area contributed by atoms with Crippen LogP contribution in [0.25, 0.3) is 11.1 Å². The van der Waals surface area contributed by atoms with E-state index in [2.05, 4.69) is 14.7 Å². The van der Waals surface area contributed by atoms with Gasteiger partial charge in [-0.1, -0.05) is 12.1 Å². The summed E-state index contributed by atoms with van der Waals surface area (Å²) in [6.45, 7) is 0. The van der Waals surface area contributed by atoms with E-state index >= 15 is 0 Å². The Bertz CT molecular complexity index is 737. The summed E-state index contributed by atoms with van der Waals surface area (Å²) in [6, 6.07) is 10.8. The maximum absolute atomic E-state index is 11.5. The minimum absolute atomic E-state index is 0.396. The first-order valence-electron chi connectivity index (χ1n) is 5.84. The summed E-state index contributed by atoms with van der Waals surface area (Å²) in [4.78, 5) is 20.0. The zero-order valence-electron chi connectivity index (χ0n) is 10.6. The number of esters is 1. The number of carbonyl (C=O) groups is 1. The molecule has 0 N–H and O–H groups in total. The number of aromatic nitrogens is 2. The molecule has 100 valence electrons. The predicted octanol–water partition coefficient (Wildman–Crippen LogP) is 3.16. The summed E-state index contributed by atoms with van der Waals surface area (Å²) in [5.74, 6) is -0.396. The van der Waals surface area contributed by atoms with Crippen molar-refractivity contribution >= 4 is 28.8 Å². The SMILES string of the molecule is COC(=O)c1ccnc(Sc2nc3ccccc3o2)c1. The Hall–Kier alpha value is -2.34. The fraction of sp³-hybridized carbons (Fsp3) is 0.0714. The molecule has 0 saturated heterocycles. The Morgan fingerprint density at radius 3 is 2.95 bits per heavy atom. The van der Waals surface area contributed by atoms with E-state index in [1.54, 1.807) is 18.3 Å². The second-order valence-electron chi connectivity index (χ2n) is 3.92. The van der Waals surface area contributed by atoms with Crippen molar-refractivity contribution in [2.75, 3.05) is 7.11 Å². The van der Waals surface area contributed by atoms with Crippen molar-refractivity contribution in [3.05, 3.63) is 48.2 Å². The van der Waals surface area contributed by atoms with Crippen molar-refractivity contribution in [3.63, 3.8) is 0 Å². The molecule has 0 bridgehead atoms. The van der Waals surface area contributed by atoms with Gasteiger partial charge in [-0.25, -0.2) is 14.8 Å². The number of methoxy groups -OCH3 is 1. The van der Waals surface area contributed by atoms with Crippen molar-refractivity contribution in [1.82, 2.24) is 9.97 Å². The summed E-state index contributed by atoms with van der Waals surface area (Å²) in [6.07, 6.45) is 1.55. The smallest absolute Gasteiger partial charge is 0.337 e. The van der Waals surface area contributed by atoms with Crippen LogP contribution in [0, 0.1) is 0 Å². The number of ether oxygens (including phenoxy) is 1. The van der Waals surface area contributed by atoms with Gasteiger partial charge in [0.15, 0.2) is 5.58 Å². The van der Waals surface area contributed by atoms with Crippen LogP contribution in [0.5, 0.6) is 0 Å². The van der Waals surface area contributed by atoms with Crippen molar-refractivity contribution in [3.8, 4) is 0 Å². The molecule has 3 aromatic rings. The molecule has 0 aliphatic carbocycles. The number of rotatable bonds is 3. The van der Waals surface area contributed by atoms with Crippen molar-refractivity contribution in [2.45, 2.75) is 10.2 Å². The quantitative estimate of drug-likeness (QED) is 0.689. The van der Waals surface area contributed by atoms with E-state index in [0.717, 1.165) is 11.1 Å². The van der Waals surface area contributed by atoms with E-state index < -0.39 is 5.97 Å². The average Bonchev–Trinajstić information content (AvgIpc) is 2.88. The van der Waals surface area contributed by atoms with E-state index in [4.69, 9.17) is 4.42 Å². The fourth-order valence-corrected chi connectivity index (χ4v) is 2.45. The number of fused-ring (bicyclic) bond motifs is 1. The second kappa shape index (κ2) is 5.34. The fourth-order valence-electron chi connectivity index (χ4n) is 1.69. The highest BCUT2D eigenvalue weighted by atomic mass is 32.2. The molecular formula is C14H10N2O3S. The number of para-hydroxylation sites is 2. The number of oxazole rings is 1.